The zero-order chi connectivity index (χ0) is 17.2. The Morgan fingerprint density at radius 2 is 2.17 bits per heavy atom. The summed E-state index contributed by atoms with van der Waals surface area (Å²) in [5.41, 5.74) is -0.405. The number of aromatic nitrogens is 2. The maximum absolute atomic E-state index is 12.7. The van der Waals surface area contributed by atoms with Crippen molar-refractivity contribution < 1.29 is 14.6 Å². The summed E-state index contributed by atoms with van der Waals surface area (Å²) in [5.74, 6) is 0.614. The van der Waals surface area contributed by atoms with Crippen LogP contribution in [0.4, 0.5) is 0 Å². The molecule has 3 rings (SSSR count). The molecule has 0 radical (unpaired) electrons. The van der Waals surface area contributed by atoms with Gasteiger partial charge in [-0.2, -0.15) is 5.10 Å². The third-order valence-electron chi connectivity index (χ3n) is 4.48. The average Bonchev–Trinajstić information content (AvgIpc) is 3.06. The number of hydrogen-bond donors (Lipinski definition) is 1. The molecule has 128 valence electrons. The van der Waals surface area contributed by atoms with Crippen molar-refractivity contribution in [2.75, 3.05) is 13.1 Å². The first-order valence-electron chi connectivity index (χ1n) is 8.25. The lowest BCUT2D eigenvalue weighted by Crippen LogP contribution is -2.57. The normalized spacial score (nSPS) is 24.0. The molecular formula is C18H23N3O3. The van der Waals surface area contributed by atoms with Crippen molar-refractivity contribution in [3.8, 4) is 5.75 Å². The smallest absolute Gasteiger partial charge is 0.257 e. The Balaban J connectivity index is 1.73. The first kappa shape index (κ1) is 16.5. The highest BCUT2D eigenvalue weighted by atomic mass is 16.5. The zero-order valence-corrected chi connectivity index (χ0v) is 14.1. The third kappa shape index (κ3) is 3.43. The fourth-order valence-electron chi connectivity index (χ4n) is 2.85. The Morgan fingerprint density at radius 1 is 1.42 bits per heavy atom. The number of hydrogen-bond acceptors (Lipinski definition) is 4. The van der Waals surface area contributed by atoms with Crippen LogP contribution in [-0.4, -0.2) is 50.5 Å². The average molecular weight is 329 g/mol. The number of likely N-dealkylation sites (tertiary alicyclic amines) is 1. The molecule has 6 heteroatoms. The lowest BCUT2D eigenvalue weighted by molar-refractivity contribution is -0.0881. The Labute approximate surface area is 141 Å². The number of amides is 1. The molecule has 1 aliphatic rings. The number of carbonyl (C=O) groups excluding carboxylic acids is 1. The molecule has 0 aliphatic carbocycles. The van der Waals surface area contributed by atoms with E-state index in [0.29, 0.717) is 30.8 Å². The van der Waals surface area contributed by atoms with Crippen LogP contribution in [0.3, 0.4) is 0 Å². The van der Waals surface area contributed by atoms with E-state index < -0.39 is 11.7 Å². The van der Waals surface area contributed by atoms with Gasteiger partial charge in [-0.05, 0) is 32.4 Å². The van der Waals surface area contributed by atoms with E-state index in [9.17, 15) is 9.90 Å². The topological polar surface area (TPSA) is 67.6 Å². The number of benzene rings is 1. The van der Waals surface area contributed by atoms with Gasteiger partial charge in [0.05, 0.1) is 18.3 Å². The van der Waals surface area contributed by atoms with Crippen LogP contribution in [-0.2, 0) is 6.54 Å². The SMILES string of the molecule is CCn1cc(C(=O)N2CC[C@@](C)(O)[C@H](Oc3ccccc3)C2)cn1. The van der Waals surface area contributed by atoms with E-state index in [-0.39, 0.29) is 5.91 Å². The van der Waals surface area contributed by atoms with Crippen LogP contribution in [0.2, 0.25) is 0 Å². The van der Waals surface area contributed by atoms with Crippen molar-refractivity contribution in [1.29, 1.82) is 0 Å². The first-order chi connectivity index (χ1) is 11.5. The van der Waals surface area contributed by atoms with Crippen molar-refractivity contribution in [3.63, 3.8) is 0 Å². The number of carbonyl (C=O) groups is 1. The number of piperidine rings is 1. The van der Waals surface area contributed by atoms with Crippen molar-refractivity contribution in [1.82, 2.24) is 14.7 Å². The van der Waals surface area contributed by atoms with Gasteiger partial charge in [-0.1, -0.05) is 18.2 Å². The molecular weight excluding hydrogens is 306 g/mol. The molecule has 1 aromatic heterocycles. The fraction of sp³-hybridized carbons (Fsp3) is 0.444. The van der Waals surface area contributed by atoms with Crippen LogP contribution in [0.5, 0.6) is 5.75 Å². The van der Waals surface area contributed by atoms with Crippen LogP contribution < -0.4 is 4.74 Å². The molecule has 0 spiro atoms. The predicted molar refractivity (Wildman–Crippen MR) is 89.9 cm³/mol. The minimum absolute atomic E-state index is 0.0770. The molecule has 1 amide bonds. The van der Waals surface area contributed by atoms with Crippen LogP contribution >= 0.6 is 0 Å². The number of rotatable bonds is 4. The predicted octanol–water partition coefficient (Wildman–Crippen LogP) is 1.95. The minimum Gasteiger partial charge on any atom is -0.486 e. The van der Waals surface area contributed by atoms with Crippen LogP contribution in [0, 0.1) is 0 Å². The largest absolute Gasteiger partial charge is 0.486 e. The molecule has 0 bridgehead atoms. The monoisotopic (exact) mass is 329 g/mol. The summed E-state index contributed by atoms with van der Waals surface area (Å²) in [4.78, 5) is 14.4. The number of aryl methyl sites for hydroxylation is 1. The van der Waals surface area contributed by atoms with E-state index in [0.717, 1.165) is 6.54 Å². The zero-order valence-electron chi connectivity index (χ0n) is 14.1. The number of aliphatic hydroxyl groups is 1. The van der Waals surface area contributed by atoms with Gasteiger partial charge in [0, 0.05) is 19.3 Å². The first-order valence-corrected chi connectivity index (χ1v) is 8.25. The van der Waals surface area contributed by atoms with E-state index in [1.807, 2.05) is 37.3 Å². The van der Waals surface area contributed by atoms with Crippen LogP contribution in [0.1, 0.15) is 30.6 Å². The van der Waals surface area contributed by atoms with Crippen molar-refractivity contribution in [3.05, 3.63) is 48.3 Å². The van der Waals surface area contributed by atoms with Crippen molar-refractivity contribution >= 4 is 5.91 Å². The third-order valence-corrected chi connectivity index (χ3v) is 4.48. The maximum Gasteiger partial charge on any atom is 0.257 e. The summed E-state index contributed by atoms with van der Waals surface area (Å²) in [7, 11) is 0. The molecule has 1 saturated heterocycles. The highest BCUT2D eigenvalue weighted by molar-refractivity contribution is 5.93. The minimum atomic E-state index is -0.972. The van der Waals surface area contributed by atoms with Gasteiger partial charge in [0.15, 0.2) is 0 Å². The summed E-state index contributed by atoms with van der Waals surface area (Å²) in [6.45, 7) is 5.30. The number of ether oxygens (including phenoxy) is 1. The molecule has 2 heterocycles. The van der Waals surface area contributed by atoms with E-state index in [2.05, 4.69) is 5.10 Å². The van der Waals surface area contributed by atoms with Gasteiger partial charge < -0.3 is 14.7 Å². The number of nitrogens with zero attached hydrogens (tertiary/aromatic N) is 3. The van der Waals surface area contributed by atoms with Gasteiger partial charge in [0.2, 0.25) is 0 Å². The molecule has 0 unspecified atom stereocenters. The van der Waals surface area contributed by atoms with Gasteiger partial charge in [-0.25, -0.2) is 0 Å². The molecule has 1 aliphatic heterocycles. The summed E-state index contributed by atoms with van der Waals surface area (Å²) >= 11 is 0. The second kappa shape index (κ2) is 6.65. The van der Waals surface area contributed by atoms with E-state index >= 15 is 0 Å². The summed E-state index contributed by atoms with van der Waals surface area (Å²) < 4.78 is 7.68. The van der Waals surface area contributed by atoms with E-state index in [1.165, 1.54) is 0 Å². The Bertz CT molecular complexity index is 697. The Hall–Kier alpha value is -2.34. The summed E-state index contributed by atoms with van der Waals surface area (Å²) in [6, 6.07) is 9.38. The van der Waals surface area contributed by atoms with Gasteiger partial charge in [0.25, 0.3) is 5.91 Å². The molecule has 24 heavy (non-hydrogen) atoms. The molecule has 0 saturated carbocycles. The van der Waals surface area contributed by atoms with Crippen LogP contribution in [0.25, 0.3) is 0 Å². The number of para-hydroxylation sites is 1. The second-order valence-corrected chi connectivity index (χ2v) is 6.36. The highest BCUT2D eigenvalue weighted by Gasteiger charge is 2.41. The lowest BCUT2D eigenvalue weighted by atomic mass is 9.90. The van der Waals surface area contributed by atoms with Crippen molar-refractivity contribution in [2.45, 2.75) is 38.5 Å². The second-order valence-electron chi connectivity index (χ2n) is 6.36. The Morgan fingerprint density at radius 3 is 2.83 bits per heavy atom. The highest BCUT2D eigenvalue weighted by Crippen LogP contribution is 2.27. The Kier molecular flexibility index (Phi) is 4.57. The van der Waals surface area contributed by atoms with Gasteiger partial charge in [-0.3, -0.25) is 9.48 Å². The van der Waals surface area contributed by atoms with Gasteiger partial charge in [0.1, 0.15) is 17.5 Å². The molecule has 6 nitrogen and oxygen atoms in total. The van der Waals surface area contributed by atoms with Crippen LogP contribution in [0.15, 0.2) is 42.7 Å². The standard InChI is InChI=1S/C18H23N3O3/c1-3-21-12-14(11-19-21)17(22)20-10-9-18(2,23)16(13-20)24-15-7-5-4-6-8-15/h4-8,11-12,16,23H,3,9-10,13H2,1-2H3/t16-,18-/m1/s1. The quantitative estimate of drug-likeness (QED) is 0.931. The van der Waals surface area contributed by atoms with E-state index in [4.69, 9.17) is 4.74 Å². The van der Waals surface area contributed by atoms with Gasteiger partial charge >= 0.3 is 0 Å². The molecule has 1 aromatic carbocycles. The lowest BCUT2D eigenvalue weighted by Gasteiger charge is -2.42. The molecule has 1 N–H and O–H groups in total. The molecule has 2 aromatic rings. The summed E-state index contributed by atoms with van der Waals surface area (Å²) in [6.07, 6.45) is 3.34. The van der Waals surface area contributed by atoms with Crippen molar-refractivity contribution in [2.24, 2.45) is 0 Å². The molecule has 1 fully saturated rings. The molecule has 2 atom stereocenters. The maximum atomic E-state index is 12.7. The fourth-order valence-corrected chi connectivity index (χ4v) is 2.85. The van der Waals surface area contributed by atoms with Gasteiger partial charge in [-0.15, -0.1) is 0 Å². The van der Waals surface area contributed by atoms with E-state index in [1.54, 1.807) is 28.9 Å². The summed E-state index contributed by atoms with van der Waals surface area (Å²) in [5, 5.41) is 14.8.